The zero-order chi connectivity index (χ0) is 13.9. The Morgan fingerprint density at radius 1 is 1.25 bits per heavy atom. The molecule has 4 heteroatoms. The highest BCUT2D eigenvalue weighted by atomic mass is 15.4. The van der Waals surface area contributed by atoms with Crippen LogP contribution in [0.15, 0.2) is 36.5 Å². The van der Waals surface area contributed by atoms with Crippen LogP contribution in [0.4, 0.5) is 0 Å². The second kappa shape index (κ2) is 5.75. The number of para-hydroxylation sites is 1. The van der Waals surface area contributed by atoms with Crippen LogP contribution in [-0.2, 0) is 0 Å². The third kappa shape index (κ3) is 2.48. The summed E-state index contributed by atoms with van der Waals surface area (Å²) in [5, 5.41) is 11.9. The molecule has 1 saturated carbocycles. The van der Waals surface area contributed by atoms with Crippen LogP contribution in [0.1, 0.15) is 37.9 Å². The molecule has 0 saturated heterocycles. The van der Waals surface area contributed by atoms with Crippen LogP contribution in [0, 0.1) is 11.8 Å². The largest absolute Gasteiger partial charge is 0.311 e. The molecule has 3 rings (SSSR count). The Hall–Kier alpha value is -1.68. The van der Waals surface area contributed by atoms with Gasteiger partial charge in [-0.25, -0.2) is 4.68 Å². The van der Waals surface area contributed by atoms with Crippen molar-refractivity contribution in [3.63, 3.8) is 0 Å². The summed E-state index contributed by atoms with van der Waals surface area (Å²) >= 11 is 0. The summed E-state index contributed by atoms with van der Waals surface area (Å²) in [5.41, 5.74) is 2.24. The number of nitrogens with one attached hydrogen (secondary N) is 1. The Balaban J connectivity index is 1.91. The monoisotopic (exact) mass is 270 g/mol. The van der Waals surface area contributed by atoms with E-state index in [0.29, 0.717) is 12.0 Å². The fraction of sp³-hybridized carbons (Fsp3) is 0.500. The van der Waals surface area contributed by atoms with Crippen LogP contribution in [-0.4, -0.2) is 22.0 Å². The average molecular weight is 270 g/mol. The molecule has 0 spiro atoms. The molecule has 4 nitrogen and oxygen atoms in total. The van der Waals surface area contributed by atoms with Gasteiger partial charge in [-0.2, -0.15) is 0 Å². The molecule has 1 aromatic carbocycles. The van der Waals surface area contributed by atoms with E-state index >= 15 is 0 Å². The van der Waals surface area contributed by atoms with Crippen molar-refractivity contribution in [2.24, 2.45) is 11.8 Å². The molecule has 1 N–H and O–H groups in total. The van der Waals surface area contributed by atoms with Crippen LogP contribution in [0.5, 0.6) is 0 Å². The zero-order valence-corrected chi connectivity index (χ0v) is 12.2. The van der Waals surface area contributed by atoms with Crippen molar-refractivity contribution in [3.05, 3.63) is 42.2 Å². The molecule has 1 aromatic heterocycles. The predicted molar refractivity (Wildman–Crippen MR) is 79.7 cm³/mol. The van der Waals surface area contributed by atoms with E-state index in [4.69, 9.17) is 0 Å². The van der Waals surface area contributed by atoms with Gasteiger partial charge in [0.2, 0.25) is 0 Å². The average Bonchev–Trinajstić information content (AvgIpc) is 3.11. The molecule has 0 amide bonds. The molecule has 0 bridgehead atoms. The maximum atomic E-state index is 4.27. The molecular formula is C16H22N4. The van der Waals surface area contributed by atoms with Gasteiger partial charge in [-0.3, -0.25) is 0 Å². The molecule has 0 aliphatic heterocycles. The fourth-order valence-corrected chi connectivity index (χ4v) is 3.40. The van der Waals surface area contributed by atoms with Crippen molar-refractivity contribution < 1.29 is 0 Å². The highest BCUT2D eigenvalue weighted by Gasteiger charge is 2.31. The maximum absolute atomic E-state index is 4.27. The third-order valence-corrected chi connectivity index (χ3v) is 4.41. The van der Waals surface area contributed by atoms with E-state index in [0.717, 1.165) is 17.3 Å². The number of aromatic nitrogens is 3. The van der Waals surface area contributed by atoms with E-state index in [1.54, 1.807) is 0 Å². The predicted octanol–water partition coefficient (Wildman–Crippen LogP) is 2.96. The van der Waals surface area contributed by atoms with Crippen molar-refractivity contribution in [2.75, 3.05) is 7.05 Å². The zero-order valence-electron chi connectivity index (χ0n) is 12.2. The van der Waals surface area contributed by atoms with Crippen LogP contribution < -0.4 is 5.32 Å². The van der Waals surface area contributed by atoms with Gasteiger partial charge in [0.25, 0.3) is 0 Å². The molecule has 1 heterocycles. The summed E-state index contributed by atoms with van der Waals surface area (Å²) in [6, 6.07) is 10.6. The Morgan fingerprint density at radius 3 is 2.70 bits per heavy atom. The van der Waals surface area contributed by atoms with E-state index in [-0.39, 0.29) is 0 Å². The summed E-state index contributed by atoms with van der Waals surface area (Å²) in [6.45, 7) is 2.35. The van der Waals surface area contributed by atoms with Crippen molar-refractivity contribution >= 4 is 0 Å². The molecule has 1 aliphatic carbocycles. The van der Waals surface area contributed by atoms with Gasteiger partial charge in [0.05, 0.1) is 23.6 Å². The van der Waals surface area contributed by atoms with E-state index < -0.39 is 0 Å². The molecule has 3 atom stereocenters. The number of hydrogen-bond donors (Lipinski definition) is 1. The first-order valence-electron chi connectivity index (χ1n) is 7.43. The Bertz CT molecular complexity index is 549. The lowest BCUT2D eigenvalue weighted by Gasteiger charge is -2.23. The normalized spacial score (nSPS) is 23.9. The topological polar surface area (TPSA) is 42.7 Å². The maximum Gasteiger partial charge on any atom is 0.0817 e. The Kier molecular flexibility index (Phi) is 3.83. The van der Waals surface area contributed by atoms with Gasteiger partial charge in [0, 0.05) is 0 Å². The van der Waals surface area contributed by atoms with Gasteiger partial charge in [0.1, 0.15) is 0 Å². The Morgan fingerprint density at radius 2 is 2.05 bits per heavy atom. The van der Waals surface area contributed by atoms with Gasteiger partial charge in [-0.1, -0.05) is 36.8 Å². The van der Waals surface area contributed by atoms with Gasteiger partial charge >= 0.3 is 0 Å². The third-order valence-electron chi connectivity index (χ3n) is 4.41. The smallest absolute Gasteiger partial charge is 0.0817 e. The lowest BCUT2D eigenvalue weighted by molar-refractivity contribution is 0.366. The molecule has 1 fully saturated rings. The summed E-state index contributed by atoms with van der Waals surface area (Å²) in [4.78, 5) is 0. The van der Waals surface area contributed by atoms with Crippen molar-refractivity contribution in [1.29, 1.82) is 0 Å². The number of rotatable bonds is 4. The van der Waals surface area contributed by atoms with Crippen LogP contribution in [0.25, 0.3) is 5.69 Å². The van der Waals surface area contributed by atoms with Gasteiger partial charge in [-0.05, 0) is 43.9 Å². The molecule has 0 radical (unpaired) electrons. The van der Waals surface area contributed by atoms with E-state index in [9.17, 15) is 0 Å². The van der Waals surface area contributed by atoms with Crippen molar-refractivity contribution in [2.45, 2.75) is 32.2 Å². The van der Waals surface area contributed by atoms with Crippen molar-refractivity contribution in [1.82, 2.24) is 20.3 Å². The van der Waals surface area contributed by atoms with Crippen LogP contribution in [0.3, 0.4) is 0 Å². The van der Waals surface area contributed by atoms with Crippen LogP contribution in [0.2, 0.25) is 0 Å². The lowest BCUT2D eigenvalue weighted by Crippen LogP contribution is -2.26. The van der Waals surface area contributed by atoms with Crippen LogP contribution >= 0.6 is 0 Å². The number of hydrogen-bond acceptors (Lipinski definition) is 3. The highest BCUT2D eigenvalue weighted by Crippen LogP contribution is 2.38. The first kappa shape index (κ1) is 13.3. The van der Waals surface area contributed by atoms with E-state index in [1.807, 2.05) is 36.1 Å². The summed E-state index contributed by atoms with van der Waals surface area (Å²) in [6.07, 6.45) is 5.80. The molecule has 1 aliphatic rings. The fourth-order valence-electron chi connectivity index (χ4n) is 3.40. The Labute approximate surface area is 120 Å². The first-order valence-corrected chi connectivity index (χ1v) is 7.43. The lowest BCUT2D eigenvalue weighted by atomic mass is 9.94. The second-order valence-electron chi connectivity index (χ2n) is 5.85. The van der Waals surface area contributed by atoms with Gasteiger partial charge in [0.15, 0.2) is 0 Å². The second-order valence-corrected chi connectivity index (χ2v) is 5.85. The summed E-state index contributed by atoms with van der Waals surface area (Å²) < 4.78 is 1.96. The number of nitrogens with zero attached hydrogens (tertiary/aromatic N) is 3. The molecule has 2 aromatic rings. The molecule has 3 unspecified atom stereocenters. The molecule has 106 valence electrons. The van der Waals surface area contributed by atoms with E-state index in [1.165, 1.54) is 19.3 Å². The van der Waals surface area contributed by atoms with Gasteiger partial charge < -0.3 is 5.32 Å². The van der Waals surface area contributed by atoms with Crippen molar-refractivity contribution in [3.8, 4) is 5.69 Å². The molecular weight excluding hydrogens is 248 g/mol. The van der Waals surface area contributed by atoms with Gasteiger partial charge in [-0.15, -0.1) is 5.10 Å². The number of benzene rings is 1. The molecule has 20 heavy (non-hydrogen) atoms. The summed E-state index contributed by atoms with van der Waals surface area (Å²) in [7, 11) is 2.04. The minimum absolute atomic E-state index is 0.329. The minimum atomic E-state index is 0.329. The SMILES string of the molecule is CNC(c1cnnn1-c1ccccc1)C1CCC(C)C1. The first-order chi connectivity index (χ1) is 9.79. The summed E-state index contributed by atoms with van der Waals surface area (Å²) in [5.74, 6) is 1.51. The minimum Gasteiger partial charge on any atom is -0.311 e. The highest BCUT2D eigenvalue weighted by molar-refractivity contribution is 5.32. The van der Waals surface area contributed by atoms with E-state index in [2.05, 4.69) is 34.7 Å². The standard InChI is InChI=1S/C16H22N4/c1-12-8-9-13(10-12)16(17-2)15-11-18-19-20(15)14-6-4-3-5-7-14/h3-7,11-13,16-17H,8-10H2,1-2H3. The quantitative estimate of drug-likeness (QED) is 0.928.